The highest BCUT2D eigenvalue weighted by Crippen LogP contribution is 2.28. The molecular formula is C27H27Cl2N7O2S. The zero-order valence-corrected chi connectivity index (χ0v) is 24.1. The van der Waals surface area contributed by atoms with Crippen molar-refractivity contribution in [3.05, 3.63) is 81.4 Å². The van der Waals surface area contributed by atoms with E-state index in [0.717, 1.165) is 22.8 Å². The van der Waals surface area contributed by atoms with Gasteiger partial charge in [0.25, 0.3) is 5.91 Å². The molecule has 1 amide bonds. The number of rotatable bonds is 7. The minimum Gasteiger partial charge on any atom is -0.497 e. The van der Waals surface area contributed by atoms with Crippen LogP contribution >= 0.6 is 35.0 Å². The monoisotopic (exact) mass is 583 g/mol. The smallest absolute Gasteiger partial charge is 0.276 e. The highest BCUT2D eigenvalue weighted by atomic mass is 35.5. The van der Waals surface area contributed by atoms with Crippen molar-refractivity contribution >= 4 is 46.6 Å². The Morgan fingerprint density at radius 2 is 1.56 bits per heavy atom. The van der Waals surface area contributed by atoms with Crippen LogP contribution in [0.1, 0.15) is 27.6 Å². The van der Waals surface area contributed by atoms with Crippen LogP contribution in [0.2, 0.25) is 10.0 Å². The molecule has 0 bridgehead atoms. The van der Waals surface area contributed by atoms with Gasteiger partial charge in [-0.3, -0.25) is 4.79 Å². The van der Waals surface area contributed by atoms with E-state index in [1.807, 2.05) is 49.1 Å². The van der Waals surface area contributed by atoms with E-state index in [4.69, 9.17) is 27.9 Å². The van der Waals surface area contributed by atoms with Gasteiger partial charge in [0.15, 0.2) is 10.9 Å². The first kappa shape index (κ1) is 27.2. The fraction of sp³-hybridized carbons (Fsp3) is 0.296. The molecule has 3 heterocycles. The summed E-state index contributed by atoms with van der Waals surface area (Å²) in [4.78, 5) is 26.9. The molecule has 4 aromatic rings. The average Bonchev–Trinajstić information content (AvgIpc) is 3.34. The molecule has 1 fully saturated rings. The van der Waals surface area contributed by atoms with Crippen LogP contribution in [0.4, 0.5) is 5.69 Å². The van der Waals surface area contributed by atoms with E-state index in [9.17, 15) is 4.79 Å². The van der Waals surface area contributed by atoms with E-state index in [1.165, 1.54) is 11.8 Å². The molecule has 0 N–H and O–H groups in total. The number of aromatic nitrogens is 5. The van der Waals surface area contributed by atoms with E-state index in [1.54, 1.807) is 30.0 Å². The number of halogens is 2. The molecule has 1 aliphatic rings. The van der Waals surface area contributed by atoms with Crippen molar-refractivity contribution in [2.75, 3.05) is 38.2 Å². The fourth-order valence-electron chi connectivity index (χ4n) is 4.47. The Bertz CT molecular complexity index is 1450. The second-order valence-electron chi connectivity index (χ2n) is 9.12. The highest BCUT2D eigenvalue weighted by molar-refractivity contribution is 7.98. The first-order valence-corrected chi connectivity index (χ1v) is 14.1. The maximum Gasteiger partial charge on any atom is 0.276 e. The molecule has 12 heteroatoms. The van der Waals surface area contributed by atoms with Crippen molar-refractivity contribution in [3.63, 3.8) is 0 Å². The van der Waals surface area contributed by atoms with Gasteiger partial charge in [0.2, 0.25) is 0 Å². The van der Waals surface area contributed by atoms with Gasteiger partial charge in [-0.05, 0) is 62.4 Å². The van der Waals surface area contributed by atoms with Crippen LogP contribution in [-0.4, -0.2) is 69.1 Å². The van der Waals surface area contributed by atoms with Crippen molar-refractivity contribution in [2.45, 2.75) is 24.8 Å². The minimum atomic E-state index is -0.166. The Hall–Kier alpha value is -3.34. The van der Waals surface area contributed by atoms with E-state index in [2.05, 4.69) is 25.2 Å². The second kappa shape index (κ2) is 11.8. The Labute approximate surface area is 241 Å². The largest absolute Gasteiger partial charge is 0.497 e. The number of aryl methyl sites for hydroxylation is 2. The number of amides is 1. The van der Waals surface area contributed by atoms with Crippen LogP contribution in [0.5, 0.6) is 5.75 Å². The Balaban J connectivity index is 1.39. The molecule has 0 saturated carbocycles. The topological polar surface area (TPSA) is 89.3 Å². The van der Waals surface area contributed by atoms with Gasteiger partial charge < -0.3 is 14.5 Å². The van der Waals surface area contributed by atoms with Crippen LogP contribution in [-0.2, 0) is 5.75 Å². The molecule has 0 atom stereocenters. The summed E-state index contributed by atoms with van der Waals surface area (Å²) >= 11 is 14.0. The quantitative estimate of drug-likeness (QED) is 0.215. The fourth-order valence-corrected chi connectivity index (χ4v) is 5.92. The number of hydrogen-bond acceptors (Lipinski definition) is 8. The molecule has 1 aliphatic heterocycles. The molecule has 0 spiro atoms. The van der Waals surface area contributed by atoms with Crippen LogP contribution in [0, 0.1) is 13.8 Å². The number of piperazine rings is 1. The summed E-state index contributed by atoms with van der Waals surface area (Å²) in [6.45, 7) is 6.40. The highest BCUT2D eigenvalue weighted by Gasteiger charge is 2.28. The van der Waals surface area contributed by atoms with Gasteiger partial charge in [0.1, 0.15) is 5.75 Å². The normalized spacial score (nSPS) is 13.6. The molecular weight excluding hydrogens is 557 g/mol. The summed E-state index contributed by atoms with van der Waals surface area (Å²) in [5, 5.41) is 10.2. The molecule has 9 nitrogen and oxygen atoms in total. The zero-order valence-electron chi connectivity index (χ0n) is 21.8. The first-order chi connectivity index (χ1) is 18.8. The van der Waals surface area contributed by atoms with Gasteiger partial charge in [-0.1, -0.05) is 40.2 Å². The third kappa shape index (κ3) is 6.29. The Morgan fingerprint density at radius 3 is 2.18 bits per heavy atom. The third-order valence-corrected chi connectivity index (χ3v) is 7.66. The Kier molecular flexibility index (Phi) is 8.25. The number of anilines is 1. The van der Waals surface area contributed by atoms with Gasteiger partial charge in [-0.15, -0.1) is 5.10 Å². The lowest BCUT2D eigenvalue weighted by Crippen LogP contribution is -2.49. The number of benzene rings is 2. The molecule has 2 aromatic heterocycles. The maximum atomic E-state index is 13.7. The molecule has 5 rings (SSSR count). The molecule has 0 unspecified atom stereocenters. The molecule has 0 aliphatic carbocycles. The van der Waals surface area contributed by atoms with Crippen molar-refractivity contribution < 1.29 is 9.53 Å². The van der Waals surface area contributed by atoms with E-state index in [-0.39, 0.29) is 5.91 Å². The van der Waals surface area contributed by atoms with E-state index < -0.39 is 0 Å². The molecule has 39 heavy (non-hydrogen) atoms. The summed E-state index contributed by atoms with van der Waals surface area (Å²) in [5.74, 6) is 1.03. The van der Waals surface area contributed by atoms with Crippen LogP contribution in [0.3, 0.4) is 0 Å². The number of carbonyl (C=O) groups is 1. The van der Waals surface area contributed by atoms with E-state index >= 15 is 0 Å². The van der Waals surface area contributed by atoms with Gasteiger partial charge in [-0.2, -0.15) is 0 Å². The minimum absolute atomic E-state index is 0.166. The number of hydrogen-bond donors (Lipinski definition) is 0. The zero-order chi connectivity index (χ0) is 27.5. The van der Waals surface area contributed by atoms with Crippen LogP contribution in [0.25, 0.3) is 5.69 Å². The first-order valence-electron chi connectivity index (χ1n) is 12.3. The lowest BCUT2D eigenvalue weighted by Gasteiger charge is -2.36. The summed E-state index contributed by atoms with van der Waals surface area (Å²) in [6.07, 6.45) is 0. The van der Waals surface area contributed by atoms with Gasteiger partial charge >= 0.3 is 0 Å². The number of nitrogens with zero attached hydrogens (tertiary/aromatic N) is 7. The molecule has 202 valence electrons. The summed E-state index contributed by atoms with van der Waals surface area (Å²) in [7, 11) is 1.65. The molecule has 1 saturated heterocycles. The average molecular weight is 585 g/mol. The number of ether oxygens (including phenoxy) is 1. The standard InChI is InChI=1S/C27H27Cl2N7O2S/c1-17-12-18(2)31-27(30-17)39-16-24-25(32-33-36(24)22-14-19(28)13-20(29)15-22)26(37)35-10-8-34(9-11-35)21-4-6-23(38-3)7-5-21/h4-7,12-15H,8-11,16H2,1-3H3. The number of carbonyl (C=O) groups excluding carboxylic acids is 1. The third-order valence-electron chi connectivity index (χ3n) is 6.36. The number of methoxy groups -OCH3 is 1. The number of thioether (sulfide) groups is 1. The van der Waals surface area contributed by atoms with Crippen molar-refractivity contribution in [1.29, 1.82) is 0 Å². The SMILES string of the molecule is COc1ccc(N2CCN(C(=O)c3nnn(-c4cc(Cl)cc(Cl)c4)c3CSc3nc(C)cc(C)n3)CC2)cc1. The maximum absolute atomic E-state index is 13.7. The van der Waals surface area contributed by atoms with Gasteiger partial charge in [0.05, 0.1) is 18.5 Å². The lowest BCUT2D eigenvalue weighted by atomic mass is 10.2. The van der Waals surface area contributed by atoms with Gasteiger partial charge in [0, 0.05) is 59.1 Å². The summed E-state index contributed by atoms with van der Waals surface area (Å²) < 4.78 is 6.88. The second-order valence-corrected chi connectivity index (χ2v) is 10.9. The van der Waals surface area contributed by atoms with Crippen LogP contribution in [0.15, 0.2) is 53.7 Å². The van der Waals surface area contributed by atoms with Gasteiger partial charge in [-0.25, -0.2) is 14.6 Å². The predicted molar refractivity (Wildman–Crippen MR) is 154 cm³/mol. The van der Waals surface area contributed by atoms with Crippen molar-refractivity contribution in [1.82, 2.24) is 29.9 Å². The van der Waals surface area contributed by atoms with E-state index in [0.29, 0.717) is 64.2 Å². The summed E-state index contributed by atoms with van der Waals surface area (Å²) in [5.41, 5.74) is 4.40. The predicted octanol–water partition coefficient (Wildman–Crippen LogP) is 5.24. The van der Waals surface area contributed by atoms with Crippen LogP contribution < -0.4 is 9.64 Å². The molecule has 0 radical (unpaired) electrons. The Morgan fingerprint density at radius 1 is 0.923 bits per heavy atom. The lowest BCUT2D eigenvalue weighted by molar-refractivity contribution is 0.0740. The molecule has 2 aromatic carbocycles. The summed E-state index contributed by atoms with van der Waals surface area (Å²) in [6, 6.07) is 15.0. The van der Waals surface area contributed by atoms with Crippen molar-refractivity contribution in [2.24, 2.45) is 0 Å². The van der Waals surface area contributed by atoms with Crippen molar-refractivity contribution in [3.8, 4) is 11.4 Å².